The standard InChI is InChI=1S/C16H23NO3/c1-9-4-3-5-10(2)17(9)15(18)13-11-6-7-12(8-11)14(13)16(19)20/h6-7,9-14H,3-5,8H2,1-2H3,(H,19,20)/p-1. The first-order valence-electron chi connectivity index (χ1n) is 7.72. The topological polar surface area (TPSA) is 60.4 Å². The SMILES string of the molecule is CC1CCCC(C)N1C(=O)C1C2C=CC(C2)C1C(=O)[O-]. The number of piperidine rings is 1. The van der Waals surface area contributed by atoms with Crippen molar-refractivity contribution in [2.75, 3.05) is 0 Å². The highest BCUT2D eigenvalue weighted by Crippen LogP contribution is 2.49. The predicted molar refractivity (Wildman–Crippen MR) is 72.3 cm³/mol. The number of carbonyl (C=O) groups is 2. The molecule has 0 aromatic heterocycles. The van der Waals surface area contributed by atoms with Gasteiger partial charge in [-0.25, -0.2) is 0 Å². The van der Waals surface area contributed by atoms with Crippen LogP contribution in [-0.4, -0.2) is 28.9 Å². The fourth-order valence-electron chi connectivity index (χ4n) is 4.51. The predicted octanol–water partition coefficient (Wildman–Crippen LogP) is 0.964. The van der Waals surface area contributed by atoms with E-state index in [-0.39, 0.29) is 29.8 Å². The van der Waals surface area contributed by atoms with Crippen molar-refractivity contribution in [2.24, 2.45) is 23.7 Å². The fraction of sp³-hybridized carbons (Fsp3) is 0.750. The molecule has 0 aromatic rings. The summed E-state index contributed by atoms with van der Waals surface area (Å²) in [5, 5.41) is 11.4. The third-order valence-corrected chi connectivity index (χ3v) is 5.46. The lowest BCUT2D eigenvalue weighted by atomic mass is 9.81. The highest BCUT2D eigenvalue weighted by atomic mass is 16.4. The lowest BCUT2D eigenvalue weighted by molar-refractivity contribution is -0.313. The molecule has 2 aliphatic carbocycles. The summed E-state index contributed by atoms with van der Waals surface area (Å²) in [6.07, 6.45) is 7.97. The number of nitrogens with zero attached hydrogens (tertiary/aromatic N) is 1. The molecule has 1 saturated carbocycles. The van der Waals surface area contributed by atoms with Gasteiger partial charge in [0.15, 0.2) is 0 Å². The van der Waals surface area contributed by atoms with Crippen molar-refractivity contribution in [2.45, 2.75) is 51.6 Å². The number of carboxylic acids is 1. The van der Waals surface area contributed by atoms with E-state index in [4.69, 9.17) is 0 Å². The average molecular weight is 276 g/mol. The van der Waals surface area contributed by atoms with Gasteiger partial charge in [0, 0.05) is 24.0 Å². The second-order valence-corrected chi connectivity index (χ2v) is 6.69. The number of likely N-dealkylation sites (tertiary alicyclic amines) is 1. The van der Waals surface area contributed by atoms with Crippen LogP contribution >= 0.6 is 0 Å². The van der Waals surface area contributed by atoms with Gasteiger partial charge in [0.1, 0.15) is 0 Å². The molecular formula is C16H22NO3-. The Morgan fingerprint density at radius 2 is 1.60 bits per heavy atom. The number of amides is 1. The molecule has 1 saturated heterocycles. The molecule has 6 unspecified atom stereocenters. The molecule has 2 fully saturated rings. The van der Waals surface area contributed by atoms with Crippen LogP contribution in [-0.2, 0) is 9.59 Å². The molecule has 0 aromatic carbocycles. The summed E-state index contributed by atoms with van der Waals surface area (Å²) < 4.78 is 0. The van der Waals surface area contributed by atoms with Gasteiger partial charge in [0.05, 0.1) is 5.92 Å². The number of rotatable bonds is 2. The minimum Gasteiger partial charge on any atom is -0.550 e. The van der Waals surface area contributed by atoms with Crippen LogP contribution in [0.4, 0.5) is 0 Å². The molecule has 2 bridgehead atoms. The Bertz CT molecular complexity index is 449. The Morgan fingerprint density at radius 1 is 1.05 bits per heavy atom. The van der Waals surface area contributed by atoms with Gasteiger partial charge < -0.3 is 14.8 Å². The van der Waals surface area contributed by atoms with Crippen molar-refractivity contribution >= 4 is 11.9 Å². The highest BCUT2D eigenvalue weighted by molar-refractivity contribution is 5.86. The molecule has 4 heteroatoms. The van der Waals surface area contributed by atoms with Gasteiger partial charge in [-0.05, 0) is 51.4 Å². The molecule has 110 valence electrons. The van der Waals surface area contributed by atoms with E-state index in [1.54, 1.807) is 0 Å². The van der Waals surface area contributed by atoms with Gasteiger partial charge in [-0.3, -0.25) is 4.79 Å². The summed E-state index contributed by atoms with van der Waals surface area (Å²) >= 11 is 0. The Balaban J connectivity index is 1.86. The summed E-state index contributed by atoms with van der Waals surface area (Å²) in [6.45, 7) is 4.15. The number of carboxylic acid groups (broad SMARTS) is 1. The van der Waals surface area contributed by atoms with Gasteiger partial charge in [0.2, 0.25) is 5.91 Å². The maximum absolute atomic E-state index is 12.9. The quantitative estimate of drug-likeness (QED) is 0.706. The molecule has 1 heterocycles. The molecule has 1 amide bonds. The molecule has 4 nitrogen and oxygen atoms in total. The Labute approximate surface area is 119 Å². The third-order valence-electron chi connectivity index (χ3n) is 5.46. The Hall–Kier alpha value is -1.32. The minimum atomic E-state index is -1.06. The molecule has 20 heavy (non-hydrogen) atoms. The van der Waals surface area contributed by atoms with Crippen LogP contribution in [0, 0.1) is 23.7 Å². The second kappa shape index (κ2) is 4.90. The van der Waals surface area contributed by atoms with E-state index < -0.39 is 17.8 Å². The largest absolute Gasteiger partial charge is 0.550 e. The normalized spacial score (nSPS) is 43.0. The van der Waals surface area contributed by atoms with Crippen LogP contribution in [0.1, 0.15) is 39.5 Å². The lowest BCUT2D eigenvalue weighted by Crippen LogP contribution is -2.53. The van der Waals surface area contributed by atoms with Crippen LogP contribution in [0.5, 0.6) is 0 Å². The van der Waals surface area contributed by atoms with E-state index in [1.165, 1.54) is 0 Å². The maximum atomic E-state index is 12.9. The second-order valence-electron chi connectivity index (χ2n) is 6.69. The molecule has 0 spiro atoms. The molecular weight excluding hydrogens is 254 g/mol. The zero-order valence-corrected chi connectivity index (χ0v) is 12.1. The van der Waals surface area contributed by atoms with Crippen LogP contribution < -0.4 is 5.11 Å². The Kier molecular flexibility index (Phi) is 3.35. The van der Waals surface area contributed by atoms with Gasteiger partial charge in [-0.2, -0.15) is 0 Å². The number of hydrogen-bond acceptors (Lipinski definition) is 3. The maximum Gasteiger partial charge on any atom is 0.227 e. The summed E-state index contributed by atoms with van der Waals surface area (Å²) in [4.78, 5) is 26.3. The van der Waals surface area contributed by atoms with Crippen molar-refractivity contribution in [3.63, 3.8) is 0 Å². The van der Waals surface area contributed by atoms with Crippen molar-refractivity contribution in [1.82, 2.24) is 4.90 Å². The number of fused-ring (bicyclic) bond motifs is 2. The average Bonchev–Trinajstić information content (AvgIpc) is 2.98. The van der Waals surface area contributed by atoms with E-state index in [2.05, 4.69) is 13.8 Å². The molecule has 0 N–H and O–H groups in total. The first-order valence-corrected chi connectivity index (χ1v) is 7.72. The third kappa shape index (κ3) is 1.97. The van der Waals surface area contributed by atoms with Crippen molar-refractivity contribution in [3.8, 4) is 0 Å². The van der Waals surface area contributed by atoms with E-state index in [1.807, 2.05) is 17.1 Å². The van der Waals surface area contributed by atoms with Gasteiger partial charge in [-0.1, -0.05) is 12.2 Å². The van der Waals surface area contributed by atoms with Gasteiger partial charge in [-0.15, -0.1) is 0 Å². The molecule has 6 atom stereocenters. The van der Waals surface area contributed by atoms with Crippen LogP contribution in [0.2, 0.25) is 0 Å². The smallest absolute Gasteiger partial charge is 0.227 e. The van der Waals surface area contributed by atoms with E-state index in [0.717, 1.165) is 25.7 Å². The van der Waals surface area contributed by atoms with Crippen LogP contribution in [0.3, 0.4) is 0 Å². The zero-order chi connectivity index (χ0) is 14.4. The van der Waals surface area contributed by atoms with Crippen molar-refractivity contribution in [1.29, 1.82) is 0 Å². The van der Waals surface area contributed by atoms with Crippen molar-refractivity contribution < 1.29 is 14.7 Å². The van der Waals surface area contributed by atoms with Gasteiger partial charge in [0.25, 0.3) is 0 Å². The van der Waals surface area contributed by atoms with E-state index in [0.29, 0.717) is 0 Å². The zero-order valence-electron chi connectivity index (χ0n) is 12.1. The summed E-state index contributed by atoms with van der Waals surface area (Å²) in [5.74, 6) is -1.96. The number of hydrogen-bond donors (Lipinski definition) is 0. The molecule has 3 aliphatic rings. The number of allylic oxidation sites excluding steroid dienone is 2. The molecule has 0 radical (unpaired) electrons. The first kappa shape index (κ1) is 13.7. The lowest BCUT2D eigenvalue weighted by Gasteiger charge is -2.42. The summed E-state index contributed by atoms with van der Waals surface area (Å²) in [6, 6.07) is 0.438. The fourth-order valence-corrected chi connectivity index (χ4v) is 4.51. The van der Waals surface area contributed by atoms with E-state index in [9.17, 15) is 14.7 Å². The molecule has 1 aliphatic heterocycles. The number of carbonyl (C=O) groups excluding carboxylic acids is 2. The number of aliphatic carboxylic acids is 1. The summed E-state index contributed by atoms with van der Waals surface area (Å²) in [5.41, 5.74) is 0. The monoisotopic (exact) mass is 276 g/mol. The minimum absolute atomic E-state index is 0.00523. The van der Waals surface area contributed by atoms with Crippen molar-refractivity contribution in [3.05, 3.63) is 12.2 Å². The van der Waals surface area contributed by atoms with Crippen LogP contribution in [0.25, 0.3) is 0 Å². The Morgan fingerprint density at radius 3 is 2.15 bits per heavy atom. The first-order chi connectivity index (χ1) is 9.50. The summed E-state index contributed by atoms with van der Waals surface area (Å²) in [7, 11) is 0. The highest BCUT2D eigenvalue weighted by Gasteiger charge is 2.50. The van der Waals surface area contributed by atoms with Gasteiger partial charge >= 0.3 is 0 Å². The van der Waals surface area contributed by atoms with Crippen LogP contribution in [0.15, 0.2) is 12.2 Å². The molecule has 3 rings (SSSR count). The van der Waals surface area contributed by atoms with E-state index >= 15 is 0 Å².